The van der Waals surface area contributed by atoms with Gasteiger partial charge in [0.1, 0.15) is 18.8 Å². The lowest BCUT2D eigenvalue weighted by Crippen LogP contribution is -2.46. The molecule has 1 aliphatic carbocycles. The molecule has 2 atom stereocenters. The Morgan fingerprint density at radius 2 is 1.62 bits per heavy atom. The number of alkyl carbamates (subject to hydrolysis) is 1. The van der Waals surface area contributed by atoms with Gasteiger partial charge in [-0.15, -0.1) is 0 Å². The minimum Gasteiger partial charge on any atom is -0.480 e. The van der Waals surface area contributed by atoms with Gasteiger partial charge in [0.25, 0.3) is 0 Å². The molecule has 2 aromatic rings. The Morgan fingerprint density at radius 3 is 2.18 bits per heavy atom. The zero-order valence-corrected chi connectivity index (χ0v) is 19.6. The molecule has 182 valence electrons. The van der Waals surface area contributed by atoms with E-state index in [0.29, 0.717) is 12.8 Å². The molecule has 2 aromatic carbocycles. The summed E-state index contributed by atoms with van der Waals surface area (Å²) in [5, 5.41) is 14.5. The highest BCUT2D eigenvalue weighted by atomic mass is 16.5. The van der Waals surface area contributed by atoms with Crippen LogP contribution < -0.4 is 10.6 Å². The first-order valence-electron chi connectivity index (χ1n) is 11.6. The summed E-state index contributed by atoms with van der Waals surface area (Å²) in [6.07, 6.45) is 0.606. The first-order chi connectivity index (χ1) is 16.5. The van der Waals surface area contributed by atoms with Crippen molar-refractivity contribution in [3.05, 3.63) is 59.7 Å². The molecule has 0 heterocycles. The summed E-state index contributed by atoms with van der Waals surface area (Å²) in [6, 6.07) is 15.2. The van der Waals surface area contributed by atoms with Crippen molar-refractivity contribution in [1.29, 1.82) is 0 Å². The van der Waals surface area contributed by atoms with Crippen LogP contribution in [0.4, 0.5) is 4.79 Å². The van der Waals surface area contributed by atoms with Crippen LogP contribution >= 0.6 is 0 Å². The van der Waals surface area contributed by atoms with Gasteiger partial charge in [-0.1, -0.05) is 68.3 Å². The van der Waals surface area contributed by atoms with E-state index in [-0.39, 0.29) is 25.5 Å². The number of fused-ring (bicyclic) bond motifs is 3. The second-order valence-corrected chi connectivity index (χ2v) is 8.31. The number of ether oxygens (including phenoxy) is 2. The van der Waals surface area contributed by atoms with Gasteiger partial charge >= 0.3 is 12.1 Å². The molecule has 0 fully saturated rings. The lowest BCUT2D eigenvalue weighted by Gasteiger charge is -2.19. The predicted octanol–water partition coefficient (Wildman–Crippen LogP) is 3.69. The van der Waals surface area contributed by atoms with Crippen LogP contribution in [0.5, 0.6) is 0 Å². The largest absolute Gasteiger partial charge is 0.480 e. The number of carboxylic acid groups (broad SMARTS) is 1. The highest BCUT2D eigenvalue weighted by Gasteiger charge is 2.29. The van der Waals surface area contributed by atoms with Crippen molar-refractivity contribution in [2.45, 2.75) is 50.7 Å². The van der Waals surface area contributed by atoms with Crippen LogP contribution in [0.3, 0.4) is 0 Å². The SMILES string of the molecule is CCCCC(NC(=O)C(CCNC(=O)OCC1c2ccccc2-c2ccccc21)OC)C(=O)O. The smallest absolute Gasteiger partial charge is 0.407 e. The van der Waals surface area contributed by atoms with E-state index >= 15 is 0 Å². The topological polar surface area (TPSA) is 114 Å². The average molecular weight is 469 g/mol. The number of unbranched alkanes of at least 4 members (excludes halogenated alkanes) is 1. The maximum atomic E-state index is 12.4. The van der Waals surface area contributed by atoms with E-state index in [1.54, 1.807) is 0 Å². The zero-order chi connectivity index (χ0) is 24.5. The van der Waals surface area contributed by atoms with Crippen molar-refractivity contribution in [1.82, 2.24) is 10.6 Å². The summed E-state index contributed by atoms with van der Waals surface area (Å²) in [7, 11) is 1.37. The molecule has 0 aromatic heterocycles. The molecule has 8 nitrogen and oxygen atoms in total. The van der Waals surface area contributed by atoms with Crippen LogP contribution in [0.25, 0.3) is 11.1 Å². The summed E-state index contributed by atoms with van der Waals surface area (Å²) >= 11 is 0. The predicted molar refractivity (Wildman–Crippen MR) is 128 cm³/mol. The minimum absolute atomic E-state index is 0.0354. The molecule has 1 aliphatic rings. The van der Waals surface area contributed by atoms with E-state index < -0.39 is 30.1 Å². The average Bonchev–Trinajstić information content (AvgIpc) is 3.16. The molecule has 3 N–H and O–H groups in total. The number of benzene rings is 2. The van der Waals surface area contributed by atoms with E-state index in [1.165, 1.54) is 7.11 Å². The molecule has 3 rings (SSSR count). The fraction of sp³-hybridized carbons (Fsp3) is 0.423. The number of aliphatic carboxylic acids is 1. The number of nitrogens with one attached hydrogen (secondary N) is 2. The number of carbonyl (C=O) groups is 3. The van der Waals surface area contributed by atoms with Crippen molar-refractivity contribution in [3.8, 4) is 11.1 Å². The number of carboxylic acids is 1. The van der Waals surface area contributed by atoms with Crippen LogP contribution in [0.15, 0.2) is 48.5 Å². The number of carbonyl (C=O) groups excluding carboxylic acids is 2. The molecule has 0 saturated heterocycles. The maximum Gasteiger partial charge on any atom is 0.407 e. The van der Waals surface area contributed by atoms with Gasteiger partial charge in [0.05, 0.1) is 0 Å². The summed E-state index contributed by atoms with van der Waals surface area (Å²) in [5.41, 5.74) is 4.56. The molecule has 8 heteroatoms. The van der Waals surface area contributed by atoms with E-state index in [4.69, 9.17) is 9.47 Å². The number of amides is 2. The van der Waals surface area contributed by atoms with Gasteiger partial charge < -0.3 is 25.2 Å². The van der Waals surface area contributed by atoms with E-state index in [2.05, 4.69) is 22.8 Å². The summed E-state index contributed by atoms with van der Waals surface area (Å²) in [5.74, 6) is -1.62. The van der Waals surface area contributed by atoms with Crippen LogP contribution in [-0.4, -0.2) is 55.5 Å². The number of methoxy groups -OCH3 is 1. The Hall–Kier alpha value is -3.39. The molecular weight excluding hydrogens is 436 g/mol. The molecular formula is C26H32N2O6. The summed E-state index contributed by atoms with van der Waals surface area (Å²) < 4.78 is 10.7. The Balaban J connectivity index is 1.48. The Labute approximate surface area is 199 Å². The number of hydrogen-bond acceptors (Lipinski definition) is 5. The van der Waals surface area contributed by atoms with Crippen molar-refractivity contribution in [3.63, 3.8) is 0 Å². The lowest BCUT2D eigenvalue weighted by atomic mass is 9.98. The van der Waals surface area contributed by atoms with Gasteiger partial charge in [0.15, 0.2) is 0 Å². The highest BCUT2D eigenvalue weighted by molar-refractivity contribution is 5.86. The third-order valence-corrected chi connectivity index (χ3v) is 6.06. The van der Waals surface area contributed by atoms with Crippen LogP contribution in [0.1, 0.15) is 49.7 Å². The van der Waals surface area contributed by atoms with E-state index in [0.717, 1.165) is 28.7 Å². The summed E-state index contributed by atoms with van der Waals surface area (Å²) in [6.45, 7) is 2.30. The van der Waals surface area contributed by atoms with Crippen LogP contribution in [0, 0.1) is 0 Å². The number of rotatable bonds is 12. The van der Waals surface area contributed by atoms with Crippen molar-refractivity contribution in [2.75, 3.05) is 20.3 Å². The monoisotopic (exact) mass is 468 g/mol. The third kappa shape index (κ3) is 6.14. The fourth-order valence-corrected chi connectivity index (χ4v) is 4.24. The second kappa shape index (κ2) is 12.2. The Bertz CT molecular complexity index is 963. The normalized spacial score (nSPS) is 13.9. The molecule has 2 unspecified atom stereocenters. The molecule has 0 aliphatic heterocycles. The second-order valence-electron chi connectivity index (χ2n) is 8.31. The Kier molecular flexibility index (Phi) is 9.04. The van der Waals surface area contributed by atoms with Crippen molar-refractivity contribution < 1.29 is 29.0 Å². The number of hydrogen-bond donors (Lipinski definition) is 3. The van der Waals surface area contributed by atoms with Crippen molar-refractivity contribution in [2.24, 2.45) is 0 Å². The molecule has 0 saturated carbocycles. The zero-order valence-electron chi connectivity index (χ0n) is 19.6. The molecule has 0 radical (unpaired) electrons. The van der Waals surface area contributed by atoms with Gasteiger partial charge in [-0.3, -0.25) is 4.79 Å². The first kappa shape index (κ1) is 25.2. The molecule has 34 heavy (non-hydrogen) atoms. The highest BCUT2D eigenvalue weighted by Crippen LogP contribution is 2.44. The van der Waals surface area contributed by atoms with Gasteiger partial charge in [0.2, 0.25) is 5.91 Å². The minimum atomic E-state index is -1.08. The standard InChI is InChI=1S/C26H32N2O6/c1-3-4-13-22(25(30)31)28-24(29)23(33-2)14-15-27-26(32)34-16-21-19-11-7-5-9-17(19)18-10-6-8-12-20(18)21/h5-12,21-23H,3-4,13-16H2,1-2H3,(H,27,32)(H,28,29)(H,30,31). The van der Waals surface area contributed by atoms with Gasteiger partial charge in [-0.05, 0) is 28.7 Å². The van der Waals surface area contributed by atoms with E-state index in [9.17, 15) is 19.5 Å². The van der Waals surface area contributed by atoms with Gasteiger partial charge in [-0.2, -0.15) is 0 Å². The summed E-state index contributed by atoms with van der Waals surface area (Å²) in [4.78, 5) is 36.1. The van der Waals surface area contributed by atoms with Gasteiger partial charge in [-0.25, -0.2) is 9.59 Å². The van der Waals surface area contributed by atoms with Crippen LogP contribution in [0.2, 0.25) is 0 Å². The van der Waals surface area contributed by atoms with Crippen molar-refractivity contribution >= 4 is 18.0 Å². The lowest BCUT2D eigenvalue weighted by molar-refractivity contribution is -0.144. The molecule has 0 spiro atoms. The maximum absolute atomic E-state index is 12.4. The van der Waals surface area contributed by atoms with Gasteiger partial charge in [0, 0.05) is 26.0 Å². The van der Waals surface area contributed by atoms with E-state index in [1.807, 2.05) is 43.3 Å². The quantitative estimate of drug-likeness (QED) is 0.438. The first-order valence-corrected chi connectivity index (χ1v) is 11.6. The third-order valence-electron chi connectivity index (χ3n) is 6.06. The molecule has 0 bridgehead atoms. The van der Waals surface area contributed by atoms with Crippen LogP contribution in [-0.2, 0) is 19.1 Å². The molecule has 2 amide bonds. The Morgan fingerprint density at radius 1 is 1.00 bits per heavy atom. The fourth-order valence-electron chi connectivity index (χ4n) is 4.24.